The number of nitrogens with one attached hydrogen (secondary N) is 2. The fraction of sp³-hybridized carbons (Fsp3) is 0.480. The normalized spacial score (nSPS) is 15.3. The Morgan fingerprint density at radius 1 is 1.26 bits per heavy atom. The summed E-state index contributed by atoms with van der Waals surface area (Å²) in [4.78, 5) is 52.1. The molecule has 0 saturated carbocycles. The van der Waals surface area contributed by atoms with Gasteiger partial charge in [0.25, 0.3) is 5.91 Å². The third-order valence-electron chi connectivity index (χ3n) is 6.53. The maximum Gasteiger partial charge on any atom is 0.257 e. The highest BCUT2D eigenvalue weighted by Gasteiger charge is 2.29. The lowest BCUT2D eigenvalue weighted by Crippen LogP contribution is -2.47. The van der Waals surface area contributed by atoms with E-state index >= 15 is 0 Å². The molecule has 1 aromatic carbocycles. The Hall–Kier alpha value is -3.53. The molecule has 10 heteroatoms. The summed E-state index contributed by atoms with van der Waals surface area (Å²) >= 11 is 0. The number of likely N-dealkylation sites (tertiary alicyclic amines) is 1. The van der Waals surface area contributed by atoms with Gasteiger partial charge in [0.15, 0.2) is 6.29 Å². The summed E-state index contributed by atoms with van der Waals surface area (Å²) in [5.41, 5.74) is 1.86. The van der Waals surface area contributed by atoms with E-state index in [0.717, 1.165) is 31.5 Å². The van der Waals surface area contributed by atoms with Crippen molar-refractivity contribution < 1.29 is 19.2 Å². The molecule has 35 heavy (non-hydrogen) atoms. The second kappa shape index (κ2) is 12.3. The fourth-order valence-corrected chi connectivity index (χ4v) is 4.39. The van der Waals surface area contributed by atoms with E-state index in [9.17, 15) is 19.2 Å². The molecule has 1 aliphatic rings. The van der Waals surface area contributed by atoms with E-state index in [2.05, 4.69) is 27.7 Å². The van der Waals surface area contributed by atoms with E-state index in [1.807, 2.05) is 17.1 Å². The molecule has 0 aliphatic carbocycles. The van der Waals surface area contributed by atoms with Crippen molar-refractivity contribution in [2.45, 2.75) is 44.3 Å². The molecule has 0 bridgehead atoms. The van der Waals surface area contributed by atoms with Gasteiger partial charge in [-0.1, -0.05) is 12.1 Å². The van der Waals surface area contributed by atoms with Crippen LogP contribution in [0, 0.1) is 0 Å². The summed E-state index contributed by atoms with van der Waals surface area (Å²) in [5.74, 6) is -0.848. The predicted molar refractivity (Wildman–Crippen MR) is 132 cm³/mol. The summed E-state index contributed by atoms with van der Waals surface area (Å²) in [6.07, 6.45) is 7.59. The third-order valence-corrected chi connectivity index (χ3v) is 6.53. The van der Waals surface area contributed by atoms with Crippen molar-refractivity contribution in [1.29, 1.82) is 0 Å². The van der Waals surface area contributed by atoms with Crippen LogP contribution in [-0.2, 0) is 16.1 Å². The molecule has 3 rings (SSSR count). The highest BCUT2D eigenvalue weighted by Crippen LogP contribution is 2.24. The molecule has 2 amide bonds. The Morgan fingerprint density at radius 2 is 2.00 bits per heavy atom. The van der Waals surface area contributed by atoms with Crippen LogP contribution in [0.25, 0.3) is 0 Å². The molecule has 2 aromatic rings. The zero-order valence-corrected chi connectivity index (χ0v) is 20.6. The molecule has 0 spiro atoms. The quantitative estimate of drug-likeness (QED) is 0.469. The average molecular weight is 483 g/mol. The summed E-state index contributed by atoms with van der Waals surface area (Å²) in [6, 6.07) is 4.54. The van der Waals surface area contributed by atoms with Crippen molar-refractivity contribution in [3.63, 3.8) is 0 Å². The molecule has 1 fully saturated rings. The predicted octanol–water partition coefficient (Wildman–Crippen LogP) is 1.74. The first-order chi connectivity index (χ1) is 16.9. The lowest BCUT2D eigenvalue weighted by Gasteiger charge is -2.29. The van der Waals surface area contributed by atoms with Crippen LogP contribution in [0.4, 0.5) is 5.69 Å². The average Bonchev–Trinajstić information content (AvgIpc) is 3.36. The van der Waals surface area contributed by atoms with Crippen molar-refractivity contribution in [3.05, 3.63) is 47.3 Å². The van der Waals surface area contributed by atoms with Gasteiger partial charge in [0.2, 0.25) is 5.91 Å². The van der Waals surface area contributed by atoms with E-state index in [-0.39, 0.29) is 29.9 Å². The molecule has 1 saturated heterocycles. The SMILES string of the molecule is CNC(=O)C(CCC=O)N(C)C(=O)c1c(C=O)cccc1NCc1cnn(C2CCN(C)CC2)c1. The molecule has 2 N–H and O–H groups in total. The summed E-state index contributed by atoms with van der Waals surface area (Å²) < 4.78 is 2.01. The van der Waals surface area contributed by atoms with Gasteiger partial charge in [-0.25, -0.2) is 0 Å². The van der Waals surface area contributed by atoms with Crippen LogP contribution in [0.3, 0.4) is 0 Å². The van der Waals surface area contributed by atoms with Crippen LogP contribution in [0.5, 0.6) is 0 Å². The lowest BCUT2D eigenvalue weighted by molar-refractivity contribution is -0.125. The minimum atomic E-state index is -0.835. The largest absolute Gasteiger partial charge is 0.380 e. The molecule has 188 valence electrons. The Morgan fingerprint density at radius 3 is 2.66 bits per heavy atom. The standard InChI is InChI=1S/C25H34N6O4/c1-26-24(34)22(8-5-13-32)30(3)25(35)23-19(17-33)6-4-7-21(23)27-14-18-15-28-31(16-18)20-9-11-29(2)12-10-20/h4,6-7,13,15-17,20,22,27H,5,8-12,14H2,1-3H3,(H,26,34). The number of amides is 2. The van der Waals surface area contributed by atoms with E-state index < -0.39 is 11.9 Å². The molecule has 1 unspecified atom stereocenters. The minimum absolute atomic E-state index is 0.136. The summed E-state index contributed by atoms with van der Waals surface area (Å²) in [6.45, 7) is 2.50. The second-order valence-corrected chi connectivity index (χ2v) is 8.89. The summed E-state index contributed by atoms with van der Waals surface area (Å²) in [7, 11) is 5.11. The van der Waals surface area contributed by atoms with Gasteiger partial charge < -0.3 is 25.2 Å². The minimum Gasteiger partial charge on any atom is -0.380 e. The molecule has 1 aliphatic heterocycles. The second-order valence-electron chi connectivity index (χ2n) is 8.89. The van der Waals surface area contributed by atoms with Crippen LogP contribution in [0.15, 0.2) is 30.6 Å². The Labute approximate surface area is 205 Å². The number of aromatic nitrogens is 2. The molecule has 1 atom stereocenters. The number of rotatable bonds is 11. The fourth-order valence-electron chi connectivity index (χ4n) is 4.39. The number of carbonyl (C=O) groups is 4. The lowest BCUT2D eigenvalue weighted by atomic mass is 10.0. The molecule has 1 aromatic heterocycles. The van der Waals surface area contributed by atoms with E-state index in [4.69, 9.17) is 0 Å². The monoisotopic (exact) mass is 482 g/mol. The Balaban J connectivity index is 1.78. The third kappa shape index (κ3) is 6.33. The first-order valence-electron chi connectivity index (χ1n) is 11.9. The molecule has 2 heterocycles. The number of aldehydes is 2. The number of anilines is 1. The zero-order chi connectivity index (χ0) is 25.4. The number of likely N-dealkylation sites (N-methyl/N-ethyl adjacent to an activating group) is 2. The maximum atomic E-state index is 13.5. The molecular formula is C25H34N6O4. The maximum absolute atomic E-state index is 13.5. The Bertz CT molecular complexity index is 1040. The van der Waals surface area contributed by atoms with Crippen LogP contribution in [-0.4, -0.2) is 84.2 Å². The number of nitrogens with zero attached hydrogens (tertiary/aromatic N) is 4. The van der Waals surface area contributed by atoms with Crippen molar-refractivity contribution in [2.75, 3.05) is 39.5 Å². The van der Waals surface area contributed by atoms with E-state index in [1.165, 1.54) is 19.0 Å². The van der Waals surface area contributed by atoms with Crippen molar-refractivity contribution >= 4 is 30.1 Å². The van der Waals surface area contributed by atoms with Gasteiger partial charge in [0, 0.05) is 50.1 Å². The highest BCUT2D eigenvalue weighted by molar-refractivity contribution is 6.07. The first kappa shape index (κ1) is 26.1. The van der Waals surface area contributed by atoms with Gasteiger partial charge in [-0.05, 0) is 45.5 Å². The molecular weight excluding hydrogens is 448 g/mol. The van der Waals surface area contributed by atoms with Gasteiger partial charge in [-0.2, -0.15) is 5.10 Å². The van der Waals surface area contributed by atoms with Gasteiger partial charge in [-0.15, -0.1) is 0 Å². The number of benzene rings is 1. The first-order valence-corrected chi connectivity index (χ1v) is 11.9. The number of piperidine rings is 1. The number of carbonyl (C=O) groups excluding carboxylic acids is 4. The van der Waals surface area contributed by atoms with Crippen LogP contribution >= 0.6 is 0 Å². The Kier molecular flexibility index (Phi) is 9.13. The van der Waals surface area contributed by atoms with E-state index in [1.54, 1.807) is 18.2 Å². The van der Waals surface area contributed by atoms with Gasteiger partial charge in [0.1, 0.15) is 12.3 Å². The number of hydrogen-bond acceptors (Lipinski definition) is 7. The van der Waals surface area contributed by atoms with Gasteiger partial charge in [-0.3, -0.25) is 19.1 Å². The van der Waals surface area contributed by atoms with Gasteiger partial charge in [0.05, 0.1) is 17.8 Å². The van der Waals surface area contributed by atoms with Crippen molar-refractivity contribution in [2.24, 2.45) is 0 Å². The molecule has 10 nitrogen and oxygen atoms in total. The van der Waals surface area contributed by atoms with E-state index in [0.29, 0.717) is 30.8 Å². The molecule has 0 radical (unpaired) electrons. The van der Waals surface area contributed by atoms with Crippen LogP contribution < -0.4 is 10.6 Å². The highest BCUT2D eigenvalue weighted by atomic mass is 16.2. The van der Waals surface area contributed by atoms with Crippen molar-refractivity contribution in [3.8, 4) is 0 Å². The number of hydrogen-bond donors (Lipinski definition) is 2. The zero-order valence-electron chi connectivity index (χ0n) is 20.6. The van der Waals surface area contributed by atoms with Crippen LogP contribution in [0.1, 0.15) is 58.0 Å². The smallest absolute Gasteiger partial charge is 0.257 e. The summed E-state index contributed by atoms with van der Waals surface area (Å²) in [5, 5.41) is 10.3. The van der Waals surface area contributed by atoms with Crippen LogP contribution in [0.2, 0.25) is 0 Å². The van der Waals surface area contributed by atoms with Gasteiger partial charge >= 0.3 is 0 Å². The van der Waals surface area contributed by atoms with Crippen molar-refractivity contribution in [1.82, 2.24) is 24.9 Å². The topological polar surface area (TPSA) is 117 Å².